The predicted molar refractivity (Wildman–Crippen MR) is 68.7 cm³/mol. The number of anilines is 1. The molecule has 0 aromatic carbocycles. The summed E-state index contributed by atoms with van der Waals surface area (Å²) >= 11 is 0. The van der Waals surface area contributed by atoms with E-state index in [9.17, 15) is 0 Å². The van der Waals surface area contributed by atoms with Gasteiger partial charge in [0.2, 0.25) is 5.95 Å². The van der Waals surface area contributed by atoms with Crippen LogP contribution in [0.1, 0.15) is 27.2 Å². The van der Waals surface area contributed by atoms with Crippen molar-refractivity contribution in [2.45, 2.75) is 33.3 Å². The summed E-state index contributed by atoms with van der Waals surface area (Å²) in [6, 6.07) is 0.392. The molecule has 0 saturated carbocycles. The molecule has 0 spiro atoms. The van der Waals surface area contributed by atoms with Crippen LogP contribution < -0.4 is 14.8 Å². The van der Waals surface area contributed by atoms with Crippen LogP contribution in [-0.4, -0.2) is 34.2 Å². The number of hydrogen-bond acceptors (Lipinski definition) is 6. The Morgan fingerprint density at radius 1 is 1.28 bits per heavy atom. The van der Waals surface area contributed by atoms with Crippen molar-refractivity contribution in [3.8, 4) is 24.4 Å². The van der Waals surface area contributed by atoms with E-state index in [4.69, 9.17) is 15.9 Å². The molecule has 0 atom stereocenters. The van der Waals surface area contributed by atoms with Crippen molar-refractivity contribution >= 4 is 5.95 Å². The van der Waals surface area contributed by atoms with E-state index in [1.165, 1.54) is 0 Å². The predicted octanol–water partition coefficient (Wildman–Crippen LogP) is 1.49. The maximum atomic E-state index is 5.42. The van der Waals surface area contributed by atoms with Gasteiger partial charge in [-0.15, -0.1) is 11.4 Å². The number of aromatic nitrogens is 3. The number of hydrogen-bond donors (Lipinski definition) is 1. The Morgan fingerprint density at radius 3 is 2.61 bits per heavy atom. The van der Waals surface area contributed by atoms with Gasteiger partial charge < -0.3 is 14.8 Å². The lowest BCUT2D eigenvalue weighted by Crippen LogP contribution is -2.13. The minimum absolute atomic E-state index is 0.0214. The lowest BCUT2D eigenvalue weighted by molar-refractivity contribution is 0.216. The lowest BCUT2D eigenvalue weighted by atomic mass is 10.5. The average molecular weight is 250 g/mol. The van der Waals surface area contributed by atoms with Gasteiger partial charge >= 0.3 is 12.0 Å². The van der Waals surface area contributed by atoms with Crippen LogP contribution in [0.15, 0.2) is 0 Å². The zero-order valence-electron chi connectivity index (χ0n) is 10.9. The van der Waals surface area contributed by atoms with Gasteiger partial charge in [0.05, 0.1) is 6.10 Å². The van der Waals surface area contributed by atoms with Crippen LogP contribution in [0.25, 0.3) is 0 Å². The molecule has 1 aromatic rings. The van der Waals surface area contributed by atoms with E-state index < -0.39 is 0 Å². The lowest BCUT2D eigenvalue weighted by Gasteiger charge is -2.10. The van der Waals surface area contributed by atoms with Crippen molar-refractivity contribution in [1.82, 2.24) is 15.0 Å². The van der Waals surface area contributed by atoms with Gasteiger partial charge in [-0.2, -0.15) is 9.97 Å². The molecule has 1 heterocycles. The smallest absolute Gasteiger partial charge is 0.325 e. The van der Waals surface area contributed by atoms with Gasteiger partial charge in [0, 0.05) is 6.54 Å². The number of nitrogens with zero attached hydrogens (tertiary/aromatic N) is 3. The molecule has 6 nitrogen and oxygen atoms in total. The van der Waals surface area contributed by atoms with Crippen molar-refractivity contribution in [2.75, 3.05) is 18.5 Å². The van der Waals surface area contributed by atoms with Crippen LogP contribution >= 0.6 is 0 Å². The number of rotatable bonds is 7. The molecule has 0 saturated heterocycles. The SMILES string of the molecule is C#CCOc1nc(NCCC)nc(OC(C)C)n1. The first-order chi connectivity index (χ1) is 8.65. The summed E-state index contributed by atoms with van der Waals surface area (Å²) in [4.78, 5) is 12.2. The molecule has 0 unspecified atom stereocenters. The highest BCUT2D eigenvalue weighted by Crippen LogP contribution is 2.14. The molecular weight excluding hydrogens is 232 g/mol. The molecule has 0 amide bonds. The summed E-state index contributed by atoms with van der Waals surface area (Å²) in [7, 11) is 0. The number of terminal acetylenes is 1. The first-order valence-corrected chi connectivity index (χ1v) is 5.88. The summed E-state index contributed by atoms with van der Waals surface area (Å²) in [5.41, 5.74) is 0. The Kier molecular flexibility index (Phi) is 5.71. The van der Waals surface area contributed by atoms with Gasteiger partial charge in [-0.25, -0.2) is 0 Å². The first kappa shape index (κ1) is 14.0. The van der Waals surface area contributed by atoms with Crippen LogP contribution in [0, 0.1) is 12.3 Å². The first-order valence-electron chi connectivity index (χ1n) is 5.88. The monoisotopic (exact) mass is 250 g/mol. The van der Waals surface area contributed by atoms with Gasteiger partial charge in [-0.1, -0.05) is 12.8 Å². The number of ether oxygens (including phenoxy) is 2. The Morgan fingerprint density at radius 2 is 2.00 bits per heavy atom. The van der Waals surface area contributed by atoms with E-state index in [0.29, 0.717) is 5.95 Å². The zero-order valence-corrected chi connectivity index (χ0v) is 10.9. The van der Waals surface area contributed by atoms with Crippen molar-refractivity contribution in [2.24, 2.45) is 0 Å². The number of nitrogens with one attached hydrogen (secondary N) is 1. The Bertz CT molecular complexity index is 415. The third-order valence-corrected chi connectivity index (χ3v) is 1.75. The normalized spacial score (nSPS) is 9.94. The van der Waals surface area contributed by atoms with Crippen LogP contribution in [0.4, 0.5) is 5.95 Å². The topological polar surface area (TPSA) is 69.2 Å². The maximum absolute atomic E-state index is 5.42. The Labute approximate surface area is 107 Å². The molecule has 98 valence electrons. The van der Waals surface area contributed by atoms with E-state index in [1.54, 1.807) is 0 Å². The molecule has 0 aliphatic carbocycles. The fourth-order valence-corrected chi connectivity index (χ4v) is 1.09. The van der Waals surface area contributed by atoms with Gasteiger partial charge in [-0.3, -0.25) is 0 Å². The standard InChI is InChI=1S/C12H18N4O2/c1-5-7-13-10-14-11(17-8-6-2)16-12(15-10)18-9(3)4/h2,9H,5,7-8H2,1,3-4H3,(H,13,14,15,16). The van der Waals surface area contributed by atoms with Crippen molar-refractivity contribution in [3.63, 3.8) is 0 Å². The molecule has 0 aliphatic rings. The summed E-state index contributed by atoms with van der Waals surface area (Å²) < 4.78 is 10.6. The van der Waals surface area contributed by atoms with Crippen molar-refractivity contribution in [1.29, 1.82) is 0 Å². The third kappa shape index (κ3) is 4.87. The molecule has 1 N–H and O–H groups in total. The molecule has 0 radical (unpaired) electrons. The second-order valence-corrected chi connectivity index (χ2v) is 3.81. The largest absolute Gasteiger partial charge is 0.461 e. The summed E-state index contributed by atoms with van der Waals surface area (Å²) in [6.45, 7) is 6.71. The van der Waals surface area contributed by atoms with E-state index in [-0.39, 0.29) is 24.7 Å². The molecule has 1 aromatic heterocycles. The maximum Gasteiger partial charge on any atom is 0.325 e. The van der Waals surface area contributed by atoms with Gasteiger partial charge in [0.1, 0.15) is 0 Å². The Hall–Kier alpha value is -2.03. The zero-order chi connectivity index (χ0) is 13.4. The minimum atomic E-state index is -0.0214. The third-order valence-electron chi connectivity index (χ3n) is 1.75. The van der Waals surface area contributed by atoms with E-state index in [1.807, 2.05) is 13.8 Å². The quantitative estimate of drug-likeness (QED) is 0.739. The summed E-state index contributed by atoms with van der Waals surface area (Å²) in [6.07, 6.45) is 6.06. The van der Waals surface area contributed by atoms with Crippen LogP contribution in [0.2, 0.25) is 0 Å². The highest BCUT2D eigenvalue weighted by Gasteiger charge is 2.09. The fraction of sp³-hybridized carbons (Fsp3) is 0.583. The highest BCUT2D eigenvalue weighted by atomic mass is 16.5. The van der Waals surface area contributed by atoms with Crippen LogP contribution in [0.5, 0.6) is 12.0 Å². The summed E-state index contributed by atoms with van der Waals surface area (Å²) in [5, 5.41) is 3.05. The molecular formula is C12H18N4O2. The molecule has 0 bridgehead atoms. The average Bonchev–Trinajstić information content (AvgIpc) is 2.33. The van der Waals surface area contributed by atoms with Crippen LogP contribution in [-0.2, 0) is 0 Å². The molecule has 1 rings (SSSR count). The molecule has 0 aliphatic heterocycles. The van der Waals surface area contributed by atoms with Gasteiger partial charge in [0.25, 0.3) is 0 Å². The molecule has 0 fully saturated rings. The van der Waals surface area contributed by atoms with Gasteiger partial charge in [0.15, 0.2) is 6.61 Å². The van der Waals surface area contributed by atoms with E-state index >= 15 is 0 Å². The molecule has 18 heavy (non-hydrogen) atoms. The second kappa shape index (κ2) is 7.33. The van der Waals surface area contributed by atoms with E-state index in [0.717, 1.165) is 13.0 Å². The highest BCUT2D eigenvalue weighted by molar-refractivity contribution is 5.27. The van der Waals surface area contributed by atoms with Crippen molar-refractivity contribution < 1.29 is 9.47 Å². The Balaban J connectivity index is 2.85. The summed E-state index contributed by atoms with van der Waals surface area (Å²) in [5.74, 6) is 2.78. The van der Waals surface area contributed by atoms with Crippen molar-refractivity contribution in [3.05, 3.63) is 0 Å². The molecule has 6 heteroatoms. The van der Waals surface area contributed by atoms with Crippen LogP contribution in [0.3, 0.4) is 0 Å². The second-order valence-electron chi connectivity index (χ2n) is 3.81. The van der Waals surface area contributed by atoms with Gasteiger partial charge in [-0.05, 0) is 20.3 Å². The minimum Gasteiger partial charge on any atom is -0.461 e. The fourth-order valence-electron chi connectivity index (χ4n) is 1.09. The van der Waals surface area contributed by atoms with E-state index in [2.05, 4.69) is 33.1 Å².